The second-order valence-corrected chi connectivity index (χ2v) is 10.6. The average molecular weight is 354 g/mol. The molecule has 16 heavy (non-hydrogen) atoms. The Bertz CT molecular complexity index is 129. The van der Waals surface area contributed by atoms with Gasteiger partial charge in [0.2, 0.25) is 0 Å². The van der Waals surface area contributed by atoms with Crippen LogP contribution in [0.2, 0.25) is 0 Å². The Morgan fingerprint density at radius 1 is 0.625 bits per heavy atom. The van der Waals surface area contributed by atoms with Crippen LogP contribution in [0.1, 0.15) is 65.7 Å². The molecular formula is C14H36PSn. The van der Waals surface area contributed by atoms with Crippen molar-refractivity contribution in [2.45, 2.75) is 65.7 Å². The molecule has 0 saturated carbocycles. The summed E-state index contributed by atoms with van der Waals surface area (Å²) in [6.45, 7) is 9.65. The molecule has 2 heteroatoms. The summed E-state index contributed by atoms with van der Waals surface area (Å²) in [7, 11) is -0.829. The van der Waals surface area contributed by atoms with Gasteiger partial charge in [0.05, 0.1) is 0 Å². The van der Waals surface area contributed by atoms with Gasteiger partial charge in [0, 0.05) is 0 Å². The van der Waals surface area contributed by atoms with Crippen LogP contribution in [0, 0.1) is 0 Å². The summed E-state index contributed by atoms with van der Waals surface area (Å²) in [5, 5.41) is 0. The Kier molecular flexibility index (Phi) is 15.5. The second kappa shape index (κ2) is 12.7. The van der Waals surface area contributed by atoms with Crippen LogP contribution in [0.5, 0.6) is 0 Å². The van der Waals surface area contributed by atoms with Crippen LogP contribution in [0.15, 0.2) is 0 Å². The maximum atomic E-state index is 2.66. The quantitative estimate of drug-likeness (QED) is 0.316. The molecule has 0 rings (SSSR count). The van der Waals surface area contributed by atoms with Crippen molar-refractivity contribution >= 4 is 31.2 Å². The zero-order valence-electron chi connectivity index (χ0n) is 12.6. The van der Waals surface area contributed by atoms with Gasteiger partial charge in [-0.15, -0.1) is 0 Å². The molecule has 0 aliphatic carbocycles. The van der Waals surface area contributed by atoms with Crippen LogP contribution in [0.25, 0.3) is 0 Å². The summed E-state index contributed by atoms with van der Waals surface area (Å²) in [6.07, 6.45) is 14.9. The number of hydrogen-bond donors (Lipinski definition) is 0. The van der Waals surface area contributed by atoms with Crippen LogP contribution in [-0.2, 0) is 0 Å². The van der Waals surface area contributed by atoms with Gasteiger partial charge in [-0.1, -0.05) is 0 Å². The van der Waals surface area contributed by atoms with Crippen molar-refractivity contribution in [1.82, 2.24) is 0 Å². The summed E-state index contributed by atoms with van der Waals surface area (Å²) in [5.41, 5.74) is 0. The van der Waals surface area contributed by atoms with E-state index in [1.54, 1.807) is 18.5 Å². The molecule has 0 aromatic rings. The van der Waals surface area contributed by atoms with Crippen LogP contribution in [-0.4, -0.2) is 49.1 Å². The van der Waals surface area contributed by atoms with Crippen molar-refractivity contribution in [3.63, 3.8) is 0 Å². The van der Waals surface area contributed by atoms with Gasteiger partial charge in [0.15, 0.2) is 0 Å². The maximum absolute atomic E-state index is 2.66. The van der Waals surface area contributed by atoms with Crippen LogP contribution >= 0.6 is 7.26 Å². The van der Waals surface area contributed by atoms with Crippen molar-refractivity contribution < 1.29 is 0 Å². The van der Waals surface area contributed by atoms with E-state index in [1.165, 1.54) is 44.9 Å². The van der Waals surface area contributed by atoms with Crippen LogP contribution in [0.3, 0.4) is 0 Å². The number of rotatable bonds is 10. The molecular weight excluding hydrogens is 318 g/mol. The molecule has 0 aromatic carbocycles. The molecule has 0 aliphatic heterocycles. The molecule has 0 N–H and O–H groups in total. The molecule has 0 atom stereocenters. The summed E-state index contributed by atoms with van der Waals surface area (Å²) in [6, 6.07) is 0. The van der Waals surface area contributed by atoms with E-state index in [0.717, 1.165) is 0 Å². The molecule has 0 nitrogen and oxygen atoms in total. The van der Waals surface area contributed by atoms with Gasteiger partial charge < -0.3 is 0 Å². The minimum absolute atomic E-state index is 0. The molecule has 0 unspecified atom stereocenters. The topological polar surface area (TPSA) is 0 Å². The monoisotopic (exact) mass is 355 g/mol. The first-order valence-electron chi connectivity index (χ1n) is 7.18. The standard InChI is InChI=1S/C14H33P.Sn.3H/c1-5-8-11-14-15(4,12-9-6-2)13-10-7-3;;;;/h15H,5-14H2,1-4H3;;;;. The minimum atomic E-state index is -0.829. The van der Waals surface area contributed by atoms with E-state index >= 15 is 0 Å². The van der Waals surface area contributed by atoms with Gasteiger partial charge in [-0.25, -0.2) is 0 Å². The van der Waals surface area contributed by atoms with Crippen LogP contribution < -0.4 is 0 Å². The average Bonchev–Trinajstić information content (AvgIpc) is 2.24. The zero-order valence-corrected chi connectivity index (χ0v) is 19.3. The van der Waals surface area contributed by atoms with E-state index in [-0.39, 0.29) is 23.9 Å². The Morgan fingerprint density at radius 2 is 1.00 bits per heavy atom. The van der Waals surface area contributed by atoms with Crippen molar-refractivity contribution in [3.8, 4) is 0 Å². The van der Waals surface area contributed by atoms with Gasteiger partial charge in [-0.05, 0) is 0 Å². The fraction of sp³-hybridized carbons (Fsp3) is 1.00. The Morgan fingerprint density at radius 3 is 1.38 bits per heavy atom. The third kappa shape index (κ3) is 10.4. The first kappa shape index (κ1) is 19.6. The molecule has 0 bridgehead atoms. The van der Waals surface area contributed by atoms with E-state index in [1.807, 2.05) is 0 Å². The Labute approximate surface area is 122 Å². The van der Waals surface area contributed by atoms with Gasteiger partial charge in [0.25, 0.3) is 0 Å². The molecule has 0 saturated heterocycles. The van der Waals surface area contributed by atoms with Gasteiger partial charge >= 0.3 is 122 Å². The fourth-order valence-electron chi connectivity index (χ4n) is 2.38. The predicted molar refractivity (Wildman–Crippen MR) is 88.1 cm³/mol. The van der Waals surface area contributed by atoms with Gasteiger partial charge in [-0.2, -0.15) is 0 Å². The van der Waals surface area contributed by atoms with E-state index in [0.29, 0.717) is 0 Å². The second-order valence-electron chi connectivity index (χ2n) is 5.47. The molecule has 0 heterocycles. The number of hydrogen-bond acceptors (Lipinski definition) is 0. The van der Waals surface area contributed by atoms with Crippen molar-refractivity contribution in [3.05, 3.63) is 0 Å². The van der Waals surface area contributed by atoms with Crippen LogP contribution in [0.4, 0.5) is 0 Å². The Balaban J connectivity index is 0. The van der Waals surface area contributed by atoms with Crippen molar-refractivity contribution in [1.29, 1.82) is 0 Å². The fourth-order valence-corrected chi connectivity index (χ4v) is 6.65. The molecule has 1 radical (unpaired) electrons. The summed E-state index contributed by atoms with van der Waals surface area (Å²) in [4.78, 5) is 0. The van der Waals surface area contributed by atoms with E-state index < -0.39 is 7.26 Å². The molecule has 0 amide bonds. The molecule has 0 aromatic heterocycles. The van der Waals surface area contributed by atoms with Crippen molar-refractivity contribution in [2.24, 2.45) is 0 Å². The third-order valence-corrected chi connectivity index (χ3v) is 8.33. The molecule has 101 valence electrons. The first-order valence-corrected chi connectivity index (χ1v) is 10.3. The molecule has 0 aliphatic rings. The van der Waals surface area contributed by atoms with E-state index in [9.17, 15) is 0 Å². The molecule has 0 spiro atoms. The van der Waals surface area contributed by atoms with Gasteiger partial charge in [0.1, 0.15) is 0 Å². The first-order chi connectivity index (χ1) is 7.18. The predicted octanol–water partition coefficient (Wildman–Crippen LogP) is 3.97. The summed E-state index contributed by atoms with van der Waals surface area (Å²) in [5.74, 6) is 0. The summed E-state index contributed by atoms with van der Waals surface area (Å²) < 4.78 is 0. The number of unbranched alkanes of at least 4 members (excludes halogenated alkanes) is 4. The Hall–Kier alpha value is 1.23. The third-order valence-electron chi connectivity index (χ3n) is 3.65. The zero-order chi connectivity index (χ0) is 11.6. The van der Waals surface area contributed by atoms with Crippen molar-refractivity contribution in [2.75, 3.05) is 25.2 Å². The summed E-state index contributed by atoms with van der Waals surface area (Å²) >= 11 is 0. The molecule has 0 fully saturated rings. The van der Waals surface area contributed by atoms with Gasteiger partial charge in [-0.3, -0.25) is 0 Å². The normalized spacial score (nSPS) is 12.2. The SMILES string of the molecule is CCCCC[PH](C)(CCCC)CCCC.[SnH3]. The van der Waals surface area contributed by atoms with E-state index in [2.05, 4.69) is 27.4 Å². The van der Waals surface area contributed by atoms with E-state index in [4.69, 9.17) is 0 Å².